The first-order chi connectivity index (χ1) is 15.2. The van der Waals surface area contributed by atoms with Crippen molar-refractivity contribution in [3.05, 3.63) is 102 Å². The van der Waals surface area contributed by atoms with Gasteiger partial charge >= 0.3 is 0 Å². The summed E-state index contributed by atoms with van der Waals surface area (Å²) in [4.78, 5) is 12.1. The molecule has 0 aliphatic heterocycles. The van der Waals surface area contributed by atoms with Gasteiger partial charge in [0.15, 0.2) is 0 Å². The van der Waals surface area contributed by atoms with E-state index in [1.807, 2.05) is 103 Å². The van der Waals surface area contributed by atoms with Crippen molar-refractivity contribution >= 4 is 17.8 Å². The zero-order valence-electron chi connectivity index (χ0n) is 17.2. The minimum atomic E-state index is -0.229. The van der Waals surface area contributed by atoms with Crippen molar-refractivity contribution < 1.29 is 4.79 Å². The molecule has 0 aliphatic carbocycles. The van der Waals surface area contributed by atoms with E-state index >= 15 is 0 Å². The number of aryl methyl sites for hydroxylation is 1. The van der Waals surface area contributed by atoms with E-state index in [1.165, 1.54) is 0 Å². The van der Waals surface area contributed by atoms with Crippen LogP contribution in [0.15, 0.2) is 96.2 Å². The van der Waals surface area contributed by atoms with Gasteiger partial charge in [-0.1, -0.05) is 66.7 Å². The molecule has 0 unspecified atom stereocenters. The Hall–Kier alpha value is -4.19. The lowest BCUT2D eigenvalue weighted by molar-refractivity contribution is -0.119. The summed E-state index contributed by atoms with van der Waals surface area (Å²) in [7, 11) is 0. The number of aromatic nitrogens is 2. The normalized spacial score (nSPS) is 10.9. The van der Waals surface area contributed by atoms with Crippen LogP contribution in [0.2, 0.25) is 0 Å². The molecule has 6 nitrogen and oxygen atoms in total. The molecule has 1 aromatic heterocycles. The van der Waals surface area contributed by atoms with Gasteiger partial charge in [0, 0.05) is 23.0 Å². The van der Waals surface area contributed by atoms with Crippen molar-refractivity contribution in [1.29, 1.82) is 0 Å². The number of amides is 1. The summed E-state index contributed by atoms with van der Waals surface area (Å²) < 4.78 is 1.85. The molecule has 154 valence electrons. The van der Waals surface area contributed by atoms with Crippen LogP contribution < -0.4 is 10.7 Å². The highest BCUT2D eigenvalue weighted by atomic mass is 16.2. The Kier molecular flexibility index (Phi) is 6.18. The summed E-state index contributed by atoms with van der Waals surface area (Å²) >= 11 is 0. The standard InChI is InChI=1S/C25H23N5O/c1-19-10-8-9-15-23(19)30-18-21(25(29-30)20-11-4-2-5-12-20)16-27-28-24(31)17-26-22-13-6-3-7-14-22/h2-16,18,26H,17H2,1H3,(H,28,31)/b27-16-. The molecule has 0 atom stereocenters. The number of nitrogens with one attached hydrogen (secondary N) is 2. The predicted octanol–water partition coefficient (Wildman–Crippen LogP) is 4.41. The molecule has 3 aromatic carbocycles. The molecule has 2 N–H and O–H groups in total. The van der Waals surface area contributed by atoms with Crippen molar-refractivity contribution in [2.45, 2.75) is 6.92 Å². The summed E-state index contributed by atoms with van der Waals surface area (Å²) in [5, 5.41) is 12.0. The minimum Gasteiger partial charge on any atom is -0.376 e. The summed E-state index contributed by atoms with van der Waals surface area (Å²) in [6, 6.07) is 27.5. The predicted molar refractivity (Wildman–Crippen MR) is 124 cm³/mol. The van der Waals surface area contributed by atoms with Crippen molar-refractivity contribution in [2.75, 3.05) is 11.9 Å². The zero-order valence-corrected chi connectivity index (χ0v) is 17.2. The molecular formula is C25H23N5O. The zero-order chi connectivity index (χ0) is 21.5. The third-order valence-corrected chi connectivity index (χ3v) is 4.77. The fourth-order valence-corrected chi connectivity index (χ4v) is 3.20. The maximum absolute atomic E-state index is 12.1. The van der Waals surface area contributed by atoms with E-state index in [1.54, 1.807) is 6.21 Å². The largest absolute Gasteiger partial charge is 0.376 e. The minimum absolute atomic E-state index is 0.134. The third-order valence-electron chi connectivity index (χ3n) is 4.77. The topological polar surface area (TPSA) is 71.3 Å². The fourth-order valence-electron chi connectivity index (χ4n) is 3.20. The SMILES string of the molecule is Cc1ccccc1-n1cc(/C=N\NC(=O)CNc2ccccc2)c(-c2ccccc2)n1. The van der Waals surface area contributed by atoms with Gasteiger partial charge in [0.1, 0.15) is 5.69 Å². The maximum Gasteiger partial charge on any atom is 0.259 e. The van der Waals surface area contributed by atoms with Crippen LogP contribution in [0.5, 0.6) is 0 Å². The number of rotatable bonds is 7. The van der Waals surface area contributed by atoms with E-state index in [2.05, 4.69) is 15.8 Å². The van der Waals surface area contributed by atoms with Crippen LogP contribution in [0, 0.1) is 6.92 Å². The second-order valence-corrected chi connectivity index (χ2v) is 7.04. The van der Waals surface area contributed by atoms with Gasteiger partial charge in [0.05, 0.1) is 18.4 Å². The van der Waals surface area contributed by atoms with Gasteiger partial charge in [-0.15, -0.1) is 0 Å². The van der Waals surface area contributed by atoms with E-state index < -0.39 is 0 Å². The first-order valence-corrected chi connectivity index (χ1v) is 10.0. The van der Waals surface area contributed by atoms with E-state index in [0.717, 1.165) is 33.8 Å². The van der Waals surface area contributed by atoms with Crippen molar-refractivity contribution in [1.82, 2.24) is 15.2 Å². The lowest BCUT2D eigenvalue weighted by atomic mass is 10.1. The molecule has 1 amide bonds. The van der Waals surface area contributed by atoms with Crippen LogP contribution >= 0.6 is 0 Å². The molecule has 0 radical (unpaired) electrons. The molecule has 0 aliphatic rings. The summed E-state index contributed by atoms with van der Waals surface area (Å²) in [6.07, 6.45) is 3.55. The highest BCUT2D eigenvalue weighted by Crippen LogP contribution is 2.23. The highest BCUT2D eigenvalue weighted by molar-refractivity contribution is 5.90. The molecule has 0 fully saturated rings. The Bertz CT molecular complexity index is 1180. The molecule has 0 bridgehead atoms. The van der Waals surface area contributed by atoms with Gasteiger partial charge < -0.3 is 5.32 Å². The number of hydrazone groups is 1. The molecule has 0 spiro atoms. The summed E-state index contributed by atoms with van der Waals surface area (Å²) in [5.41, 5.74) is 8.15. The monoisotopic (exact) mass is 409 g/mol. The lowest BCUT2D eigenvalue weighted by Crippen LogP contribution is -2.25. The average molecular weight is 409 g/mol. The maximum atomic E-state index is 12.1. The van der Waals surface area contributed by atoms with E-state index in [0.29, 0.717) is 0 Å². The molecule has 0 saturated heterocycles. The van der Waals surface area contributed by atoms with E-state index in [9.17, 15) is 4.79 Å². The summed E-state index contributed by atoms with van der Waals surface area (Å²) in [6.45, 7) is 2.18. The molecule has 31 heavy (non-hydrogen) atoms. The third kappa shape index (κ3) is 5.05. The van der Waals surface area contributed by atoms with Crippen molar-refractivity contribution in [2.24, 2.45) is 5.10 Å². The number of carbonyl (C=O) groups is 1. The number of hydrogen-bond acceptors (Lipinski definition) is 4. The Morgan fingerprint density at radius 2 is 1.65 bits per heavy atom. The van der Waals surface area contributed by atoms with Crippen molar-refractivity contribution in [3.8, 4) is 16.9 Å². The van der Waals surface area contributed by atoms with Crippen molar-refractivity contribution in [3.63, 3.8) is 0 Å². The molecular weight excluding hydrogens is 386 g/mol. The number of anilines is 1. The first-order valence-electron chi connectivity index (χ1n) is 10.0. The van der Waals surface area contributed by atoms with Gasteiger partial charge in [0.2, 0.25) is 0 Å². The van der Waals surface area contributed by atoms with Gasteiger partial charge in [-0.2, -0.15) is 10.2 Å². The molecule has 4 rings (SSSR count). The average Bonchev–Trinajstić information content (AvgIpc) is 3.23. The number of para-hydroxylation sites is 2. The Balaban J connectivity index is 1.52. The molecule has 6 heteroatoms. The molecule has 0 saturated carbocycles. The number of carbonyl (C=O) groups excluding carboxylic acids is 1. The molecule has 4 aromatic rings. The smallest absolute Gasteiger partial charge is 0.259 e. The Morgan fingerprint density at radius 1 is 0.968 bits per heavy atom. The number of hydrogen-bond donors (Lipinski definition) is 2. The lowest BCUT2D eigenvalue weighted by Gasteiger charge is -2.04. The highest BCUT2D eigenvalue weighted by Gasteiger charge is 2.12. The van der Waals surface area contributed by atoms with Gasteiger partial charge in [0.25, 0.3) is 5.91 Å². The van der Waals surface area contributed by atoms with Gasteiger partial charge in [-0.3, -0.25) is 4.79 Å². The van der Waals surface area contributed by atoms with Crippen LogP contribution in [-0.2, 0) is 4.79 Å². The van der Waals surface area contributed by atoms with Crippen LogP contribution in [0.1, 0.15) is 11.1 Å². The second kappa shape index (κ2) is 9.54. The number of benzene rings is 3. The van der Waals surface area contributed by atoms with E-state index in [-0.39, 0.29) is 12.5 Å². The van der Waals surface area contributed by atoms with Gasteiger partial charge in [-0.25, -0.2) is 10.1 Å². The summed E-state index contributed by atoms with van der Waals surface area (Å²) in [5.74, 6) is -0.229. The number of nitrogens with zero attached hydrogens (tertiary/aromatic N) is 3. The Morgan fingerprint density at radius 3 is 2.39 bits per heavy atom. The van der Waals surface area contributed by atoms with Crippen LogP contribution in [-0.4, -0.2) is 28.4 Å². The van der Waals surface area contributed by atoms with Crippen LogP contribution in [0.3, 0.4) is 0 Å². The second-order valence-electron chi connectivity index (χ2n) is 7.04. The van der Waals surface area contributed by atoms with Crippen LogP contribution in [0.25, 0.3) is 16.9 Å². The first kappa shape index (κ1) is 20.1. The fraction of sp³-hybridized carbons (Fsp3) is 0.0800. The van der Waals surface area contributed by atoms with E-state index in [4.69, 9.17) is 5.10 Å². The quantitative estimate of drug-likeness (QED) is 0.351. The van der Waals surface area contributed by atoms with Gasteiger partial charge in [-0.05, 0) is 30.7 Å². The Labute approximate surface area is 181 Å². The molecule has 1 heterocycles. The van der Waals surface area contributed by atoms with Crippen LogP contribution in [0.4, 0.5) is 5.69 Å².